The van der Waals surface area contributed by atoms with E-state index in [1.165, 1.54) is 110 Å². The van der Waals surface area contributed by atoms with E-state index in [0.717, 1.165) is 94.3 Å². The molecule has 8 aliphatic rings. The zero-order valence-corrected chi connectivity index (χ0v) is 50.9. The van der Waals surface area contributed by atoms with Gasteiger partial charge in [0.05, 0.1) is 20.8 Å². The molecule has 3 aliphatic carbocycles. The van der Waals surface area contributed by atoms with E-state index in [1.54, 1.807) is 53.4 Å². The second-order valence-corrected chi connectivity index (χ2v) is 30.1. The van der Waals surface area contributed by atoms with Crippen molar-refractivity contribution in [2.45, 2.75) is 157 Å². The number of benzene rings is 4. The fourth-order valence-electron chi connectivity index (χ4n) is 16.6. The maximum atomic E-state index is 12.5. The third kappa shape index (κ3) is 12.3. The molecule has 4 aromatic carbocycles. The number of piperidine rings is 1. The van der Waals surface area contributed by atoms with Gasteiger partial charge >= 0.3 is 0 Å². The fraction of sp³-hybridized carbons (Fsp3) is 0.642. The second-order valence-electron chi connectivity index (χ2n) is 25.6. The van der Waals surface area contributed by atoms with E-state index in [-0.39, 0.29) is 16.4 Å². The molecule has 0 spiro atoms. The van der Waals surface area contributed by atoms with Crippen molar-refractivity contribution in [3.05, 3.63) is 119 Å². The minimum atomic E-state index is -3.13. The number of sulfone groups is 2. The van der Waals surface area contributed by atoms with E-state index in [4.69, 9.17) is 0 Å². The van der Waals surface area contributed by atoms with Crippen molar-refractivity contribution in [2.75, 3.05) is 102 Å². The van der Waals surface area contributed by atoms with Crippen molar-refractivity contribution in [2.24, 2.45) is 35.5 Å². The van der Waals surface area contributed by atoms with Gasteiger partial charge in [-0.1, -0.05) is 108 Å². The summed E-state index contributed by atoms with van der Waals surface area (Å²) >= 11 is 0. The van der Waals surface area contributed by atoms with E-state index < -0.39 is 19.7 Å². The SMILES string of the molecule is CC.CCC(CCNCC1CN(c2ccc(S(=O)(=O)C3CC3)cc2)C1)C1(C2CCCC2)CN(C)Cc2ccccc21.CCS(=O)(=O)c1ccc(N2CC(CN3CCC(C4(C5CCCC5)CN(C)Cc5ccccc54)CC3)C2)cc1. The van der Waals surface area contributed by atoms with Gasteiger partial charge in [0.2, 0.25) is 0 Å². The van der Waals surface area contributed by atoms with Crippen LogP contribution in [0.4, 0.5) is 11.4 Å². The minimum absolute atomic E-state index is 0.142. The minimum Gasteiger partial charge on any atom is -0.371 e. The Morgan fingerprint density at radius 1 is 0.582 bits per heavy atom. The monoisotopic (exact) mass is 1110 g/mol. The molecular formula is C67H98N6O4S2. The summed E-state index contributed by atoms with van der Waals surface area (Å²) in [5.74, 6) is 4.63. The molecule has 0 radical (unpaired) electrons. The van der Waals surface area contributed by atoms with Crippen molar-refractivity contribution in [1.29, 1.82) is 0 Å². The predicted octanol–water partition coefficient (Wildman–Crippen LogP) is 11.9. The van der Waals surface area contributed by atoms with E-state index in [1.807, 2.05) is 38.1 Å². The topological polar surface area (TPSA) is 96.5 Å². The lowest BCUT2D eigenvalue weighted by atomic mass is 9.57. The van der Waals surface area contributed by atoms with Gasteiger partial charge in [-0.2, -0.15) is 0 Å². The molecule has 0 bridgehead atoms. The van der Waals surface area contributed by atoms with Crippen molar-refractivity contribution >= 4 is 31.0 Å². The number of rotatable bonds is 18. The number of nitrogens with zero attached hydrogens (tertiary/aromatic N) is 5. The Kier molecular flexibility index (Phi) is 18.8. The number of fused-ring (bicyclic) bond motifs is 2. The number of nitrogens with one attached hydrogen (secondary N) is 1. The summed E-state index contributed by atoms with van der Waals surface area (Å²) in [6, 6.07) is 33.9. The third-order valence-corrected chi connectivity index (χ3v) is 24.7. The summed E-state index contributed by atoms with van der Waals surface area (Å²) in [6.45, 7) is 22.8. The summed E-state index contributed by atoms with van der Waals surface area (Å²) in [6.07, 6.45) is 17.9. The van der Waals surface area contributed by atoms with Gasteiger partial charge in [-0.15, -0.1) is 0 Å². The van der Waals surface area contributed by atoms with E-state index in [2.05, 4.69) is 99.4 Å². The molecule has 0 amide bonds. The zero-order chi connectivity index (χ0) is 55.4. The Bertz CT molecular complexity index is 2830. The summed E-state index contributed by atoms with van der Waals surface area (Å²) in [7, 11) is -1.56. The van der Waals surface area contributed by atoms with Crippen molar-refractivity contribution in [3.63, 3.8) is 0 Å². The van der Waals surface area contributed by atoms with Crippen molar-refractivity contribution < 1.29 is 16.8 Å². The van der Waals surface area contributed by atoms with Crippen LogP contribution in [0.5, 0.6) is 0 Å². The van der Waals surface area contributed by atoms with Gasteiger partial charge in [-0.25, -0.2) is 16.8 Å². The second kappa shape index (κ2) is 25.4. The lowest BCUT2D eigenvalue weighted by molar-refractivity contribution is 0.0420. The van der Waals surface area contributed by atoms with Gasteiger partial charge in [-0.3, -0.25) is 0 Å². The standard InChI is InChI=1S/C33H47N3O2S.C32H45N3O2S.C2H6/c1-3-27(33(28-9-5-6-10-28)24-35(2)23-26-8-4-7-11-32(26)33)18-19-34-20-25-21-36(22-25)29-12-14-30(15-13-29)39(37,38)31-16-17-31;1-3-38(36,37)30-14-12-29(13-15-30)35-21-25(22-35)20-34-18-16-28(17-19-34)32(27-9-5-6-10-27)24-33(2)23-26-8-4-7-11-31(26)32;1-2/h4,7-8,11-15,25,27-28,31,34H,3,5-6,9-10,16-24H2,1-2H3;4,7-8,11-15,25,27-28H,3,5-6,9-10,16-24H2,1-2H3;1-2H3. The average molecular weight is 1120 g/mol. The zero-order valence-electron chi connectivity index (χ0n) is 49.3. The van der Waals surface area contributed by atoms with Crippen molar-refractivity contribution in [3.8, 4) is 0 Å². The normalized spacial score (nSPS) is 25.3. The lowest BCUT2D eigenvalue weighted by Crippen LogP contribution is -2.56. The van der Waals surface area contributed by atoms with Gasteiger partial charge in [0.15, 0.2) is 19.7 Å². The van der Waals surface area contributed by atoms with Gasteiger partial charge < -0.3 is 29.8 Å². The maximum absolute atomic E-state index is 12.5. The van der Waals surface area contributed by atoms with Gasteiger partial charge in [0, 0.05) is 99.5 Å². The molecule has 3 unspecified atom stereocenters. The summed E-state index contributed by atoms with van der Waals surface area (Å²) in [5, 5.41) is 3.69. The average Bonchev–Trinajstić information content (AvgIpc) is 4.09. The van der Waals surface area contributed by atoms with Crippen LogP contribution < -0.4 is 15.1 Å². The Morgan fingerprint density at radius 3 is 1.66 bits per heavy atom. The molecule has 432 valence electrons. The molecule has 10 nitrogen and oxygen atoms in total. The molecule has 3 atom stereocenters. The van der Waals surface area contributed by atoms with Crippen LogP contribution in [-0.2, 0) is 43.6 Å². The van der Waals surface area contributed by atoms with Crippen LogP contribution in [0, 0.1) is 35.5 Å². The molecule has 3 saturated carbocycles. The molecule has 3 saturated heterocycles. The van der Waals surface area contributed by atoms with Gasteiger partial charge in [0.1, 0.15) is 0 Å². The molecule has 12 rings (SSSR count). The largest absolute Gasteiger partial charge is 0.371 e. The van der Waals surface area contributed by atoms with Crippen LogP contribution in [0.15, 0.2) is 107 Å². The fourth-order valence-corrected chi connectivity index (χ4v) is 19.1. The van der Waals surface area contributed by atoms with E-state index in [9.17, 15) is 16.8 Å². The molecule has 79 heavy (non-hydrogen) atoms. The van der Waals surface area contributed by atoms with E-state index in [0.29, 0.717) is 33.0 Å². The van der Waals surface area contributed by atoms with Crippen LogP contribution in [-0.4, -0.2) is 129 Å². The Hall–Kier alpha value is -3.78. The van der Waals surface area contributed by atoms with Gasteiger partial charge in [-0.05, 0) is 186 Å². The molecule has 0 aromatic heterocycles. The highest BCUT2D eigenvalue weighted by Gasteiger charge is 2.52. The summed E-state index contributed by atoms with van der Waals surface area (Å²) in [5.41, 5.74) is 9.38. The van der Waals surface area contributed by atoms with Crippen LogP contribution in [0.3, 0.4) is 0 Å². The molecule has 4 aromatic rings. The first-order valence-corrected chi connectivity index (χ1v) is 34.6. The Balaban J connectivity index is 0.000000173. The maximum Gasteiger partial charge on any atom is 0.181 e. The molecule has 6 fully saturated rings. The first kappa shape index (κ1) is 58.4. The smallest absolute Gasteiger partial charge is 0.181 e. The Labute approximate surface area is 478 Å². The summed E-state index contributed by atoms with van der Waals surface area (Å²) in [4.78, 5) is 13.6. The third-order valence-electron chi connectivity index (χ3n) is 20.7. The summed E-state index contributed by atoms with van der Waals surface area (Å²) < 4.78 is 49.2. The molecule has 1 N–H and O–H groups in total. The van der Waals surface area contributed by atoms with Crippen LogP contribution in [0.2, 0.25) is 0 Å². The number of hydrogen-bond acceptors (Lipinski definition) is 10. The molecule has 12 heteroatoms. The first-order chi connectivity index (χ1) is 38.3. The molecule has 5 aliphatic heterocycles. The molecule has 5 heterocycles. The van der Waals surface area contributed by atoms with Crippen LogP contribution in [0.1, 0.15) is 140 Å². The van der Waals surface area contributed by atoms with Crippen molar-refractivity contribution in [1.82, 2.24) is 20.0 Å². The highest BCUT2D eigenvalue weighted by molar-refractivity contribution is 7.92. The predicted molar refractivity (Wildman–Crippen MR) is 327 cm³/mol. The van der Waals surface area contributed by atoms with Crippen LogP contribution in [0.25, 0.3) is 0 Å². The van der Waals surface area contributed by atoms with E-state index >= 15 is 0 Å². The quantitative estimate of drug-likeness (QED) is 0.0971. The molecular weight excluding hydrogens is 1020 g/mol. The first-order valence-electron chi connectivity index (χ1n) is 31.4. The number of hydrogen-bond donors (Lipinski definition) is 1. The highest BCUT2D eigenvalue weighted by Crippen LogP contribution is 2.54. The van der Waals surface area contributed by atoms with Gasteiger partial charge in [0.25, 0.3) is 0 Å². The lowest BCUT2D eigenvalue weighted by Gasteiger charge is -2.54. The van der Waals surface area contributed by atoms with Crippen LogP contribution >= 0.6 is 0 Å². The number of anilines is 2. The number of likely N-dealkylation sites (N-methyl/N-ethyl adjacent to an activating group) is 2. The Morgan fingerprint density at radius 2 is 1.09 bits per heavy atom. The number of likely N-dealkylation sites (tertiary alicyclic amines) is 1. The highest BCUT2D eigenvalue weighted by atomic mass is 32.2.